The van der Waals surface area contributed by atoms with Crippen LogP contribution in [-0.4, -0.2) is 22.6 Å². The van der Waals surface area contributed by atoms with Gasteiger partial charge in [-0.05, 0) is 11.6 Å². The SMILES string of the molecule is CC1CCN(c2noc(C(C)(C)C)n2)C1=O. The van der Waals surface area contributed by atoms with Crippen molar-refractivity contribution in [2.75, 3.05) is 11.4 Å². The summed E-state index contributed by atoms with van der Waals surface area (Å²) in [5.41, 5.74) is -0.181. The van der Waals surface area contributed by atoms with E-state index < -0.39 is 0 Å². The van der Waals surface area contributed by atoms with Crippen LogP contribution in [0.3, 0.4) is 0 Å². The van der Waals surface area contributed by atoms with Gasteiger partial charge < -0.3 is 4.52 Å². The summed E-state index contributed by atoms with van der Waals surface area (Å²) in [4.78, 5) is 17.6. The van der Waals surface area contributed by atoms with Crippen LogP contribution >= 0.6 is 0 Å². The van der Waals surface area contributed by atoms with Crippen LogP contribution in [0, 0.1) is 5.92 Å². The van der Waals surface area contributed by atoms with Crippen molar-refractivity contribution in [3.63, 3.8) is 0 Å². The maximum atomic E-state index is 11.8. The fourth-order valence-corrected chi connectivity index (χ4v) is 1.65. The van der Waals surface area contributed by atoms with Crippen LogP contribution in [0.25, 0.3) is 0 Å². The number of aromatic nitrogens is 2. The molecule has 2 heterocycles. The maximum absolute atomic E-state index is 11.8. The van der Waals surface area contributed by atoms with Gasteiger partial charge in [0, 0.05) is 17.9 Å². The van der Waals surface area contributed by atoms with Crippen LogP contribution in [0.2, 0.25) is 0 Å². The van der Waals surface area contributed by atoms with E-state index in [-0.39, 0.29) is 17.2 Å². The number of rotatable bonds is 1. The van der Waals surface area contributed by atoms with Crippen molar-refractivity contribution in [3.05, 3.63) is 5.89 Å². The molecule has 0 aliphatic carbocycles. The average Bonchev–Trinajstić information content (AvgIpc) is 2.74. The number of carbonyl (C=O) groups excluding carboxylic acids is 1. The molecule has 1 saturated heterocycles. The van der Waals surface area contributed by atoms with Gasteiger partial charge >= 0.3 is 0 Å². The van der Waals surface area contributed by atoms with Gasteiger partial charge in [-0.3, -0.25) is 9.69 Å². The molecule has 0 radical (unpaired) electrons. The molecular weight excluding hydrogens is 206 g/mol. The minimum atomic E-state index is -0.181. The van der Waals surface area contributed by atoms with E-state index in [0.29, 0.717) is 18.4 Å². The molecule has 5 heteroatoms. The fraction of sp³-hybridized carbons (Fsp3) is 0.727. The van der Waals surface area contributed by atoms with E-state index in [9.17, 15) is 4.79 Å². The minimum Gasteiger partial charge on any atom is -0.337 e. The van der Waals surface area contributed by atoms with Crippen molar-refractivity contribution in [2.24, 2.45) is 5.92 Å². The topological polar surface area (TPSA) is 59.2 Å². The Kier molecular flexibility index (Phi) is 2.48. The predicted octanol–water partition coefficient (Wildman–Crippen LogP) is 1.74. The van der Waals surface area contributed by atoms with Gasteiger partial charge in [0.2, 0.25) is 11.8 Å². The van der Waals surface area contributed by atoms with E-state index in [1.54, 1.807) is 4.90 Å². The Morgan fingerprint density at radius 1 is 1.44 bits per heavy atom. The summed E-state index contributed by atoms with van der Waals surface area (Å²) in [5.74, 6) is 1.12. The predicted molar refractivity (Wildman–Crippen MR) is 59.1 cm³/mol. The molecule has 1 fully saturated rings. The second-order valence-electron chi connectivity index (χ2n) is 5.33. The molecule has 0 spiro atoms. The summed E-state index contributed by atoms with van der Waals surface area (Å²) in [5, 5.41) is 3.87. The highest BCUT2D eigenvalue weighted by molar-refractivity contribution is 5.95. The van der Waals surface area contributed by atoms with Gasteiger partial charge in [0.05, 0.1) is 0 Å². The zero-order valence-corrected chi connectivity index (χ0v) is 10.1. The van der Waals surface area contributed by atoms with Gasteiger partial charge in [-0.25, -0.2) is 0 Å². The molecule has 5 nitrogen and oxygen atoms in total. The van der Waals surface area contributed by atoms with Crippen LogP contribution < -0.4 is 4.90 Å². The molecule has 1 aromatic rings. The number of nitrogens with zero attached hydrogens (tertiary/aromatic N) is 3. The molecule has 0 bridgehead atoms. The summed E-state index contributed by atoms with van der Waals surface area (Å²) in [7, 11) is 0. The van der Waals surface area contributed by atoms with Crippen molar-refractivity contribution >= 4 is 11.9 Å². The Hall–Kier alpha value is -1.39. The third-order valence-electron chi connectivity index (χ3n) is 2.77. The first-order chi connectivity index (χ1) is 7.39. The first-order valence-electron chi connectivity index (χ1n) is 5.55. The Bertz CT molecular complexity index is 406. The lowest BCUT2D eigenvalue weighted by molar-refractivity contribution is -0.120. The minimum absolute atomic E-state index is 0.0663. The first kappa shape index (κ1) is 11.1. The van der Waals surface area contributed by atoms with Crippen molar-refractivity contribution in [3.8, 4) is 0 Å². The lowest BCUT2D eigenvalue weighted by Gasteiger charge is -2.11. The summed E-state index contributed by atoms with van der Waals surface area (Å²) < 4.78 is 5.17. The summed E-state index contributed by atoms with van der Waals surface area (Å²) >= 11 is 0. The quantitative estimate of drug-likeness (QED) is 0.727. The van der Waals surface area contributed by atoms with Crippen LogP contribution in [0.4, 0.5) is 5.95 Å². The van der Waals surface area contributed by atoms with Crippen LogP contribution in [0.1, 0.15) is 40.0 Å². The molecule has 1 unspecified atom stereocenters. The summed E-state index contributed by atoms with van der Waals surface area (Å²) in [6.07, 6.45) is 0.859. The third kappa shape index (κ3) is 1.81. The number of amides is 1. The standard InChI is InChI=1S/C11H17N3O2/c1-7-5-6-14(8(7)15)10-12-9(16-13-10)11(2,3)4/h7H,5-6H2,1-4H3. The zero-order chi connectivity index (χ0) is 11.9. The van der Waals surface area contributed by atoms with Gasteiger partial charge in [0.25, 0.3) is 5.95 Å². The van der Waals surface area contributed by atoms with Gasteiger partial charge in [-0.1, -0.05) is 27.7 Å². The van der Waals surface area contributed by atoms with E-state index in [1.165, 1.54) is 0 Å². The van der Waals surface area contributed by atoms with E-state index in [0.717, 1.165) is 6.42 Å². The summed E-state index contributed by atoms with van der Waals surface area (Å²) in [6.45, 7) is 8.60. The normalized spacial score (nSPS) is 21.9. The third-order valence-corrected chi connectivity index (χ3v) is 2.77. The zero-order valence-electron chi connectivity index (χ0n) is 10.1. The molecule has 1 atom stereocenters. The highest BCUT2D eigenvalue weighted by atomic mass is 16.5. The molecule has 16 heavy (non-hydrogen) atoms. The van der Waals surface area contributed by atoms with Crippen LogP contribution in [0.5, 0.6) is 0 Å². The molecule has 1 amide bonds. The molecule has 0 N–H and O–H groups in total. The number of anilines is 1. The van der Waals surface area contributed by atoms with Crippen molar-refractivity contribution in [1.82, 2.24) is 10.1 Å². The van der Waals surface area contributed by atoms with Gasteiger partial charge in [0.15, 0.2) is 0 Å². The molecule has 1 aromatic heterocycles. The second kappa shape index (κ2) is 3.57. The number of hydrogen-bond acceptors (Lipinski definition) is 4. The molecule has 0 aromatic carbocycles. The van der Waals surface area contributed by atoms with Crippen molar-refractivity contribution in [1.29, 1.82) is 0 Å². The van der Waals surface area contributed by atoms with E-state index in [2.05, 4.69) is 10.1 Å². The van der Waals surface area contributed by atoms with Gasteiger partial charge in [-0.15, -0.1) is 0 Å². The highest BCUT2D eigenvalue weighted by Crippen LogP contribution is 2.26. The average molecular weight is 223 g/mol. The number of carbonyl (C=O) groups is 1. The Labute approximate surface area is 94.8 Å². The smallest absolute Gasteiger partial charge is 0.272 e. The lowest BCUT2D eigenvalue weighted by atomic mass is 9.97. The fourth-order valence-electron chi connectivity index (χ4n) is 1.65. The lowest BCUT2D eigenvalue weighted by Crippen LogP contribution is -2.27. The molecular formula is C11H17N3O2. The largest absolute Gasteiger partial charge is 0.337 e. The Morgan fingerprint density at radius 3 is 2.56 bits per heavy atom. The van der Waals surface area contributed by atoms with Crippen LogP contribution in [-0.2, 0) is 10.2 Å². The molecule has 2 rings (SSSR count). The monoisotopic (exact) mass is 223 g/mol. The van der Waals surface area contributed by atoms with E-state index in [1.807, 2.05) is 27.7 Å². The number of hydrogen-bond donors (Lipinski definition) is 0. The van der Waals surface area contributed by atoms with E-state index >= 15 is 0 Å². The summed E-state index contributed by atoms with van der Waals surface area (Å²) in [6, 6.07) is 0. The van der Waals surface area contributed by atoms with Crippen LogP contribution in [0.15, 0.2) is 4.52 Å². The second-order valence-corrected chi connectivity index (χ2v) is 5.33. The molecule has 1 aliphatic heterocycles. The maximum Gasteiger partial charge on any atom is 0.272 e. The first-order valence-corrected chi connectivity index (χ1v) is 5.55. The van der Waals surface area contributed by atoms with E-state index in [4.69, 9.17) is 4.52 Å². The molecule has 1 aliphatic rings. The molecule has 0 saturated carbocycles. The highest BCUT2D eigenvalue weighted by Gasteiger charge is 2.33. The molecule has 88 valence electrons. The van der Waals surface area contributed by atoms with Gasteiger partial charge in [-0.2, -0.15) is 4.98 Å². The van der Waals surface area contributed by atoms with Gasteiger partial charge in [0.1, 0.15) is 0 Å². The Morgan fingerprint density at radius 2 is 2.12 bits per heavy atom. The Balaban J connectivity index is 2.23. The van der Waals surface area contributed by atoms with Crippen molar-refractivity contribution in [2.45, 2.75) is 39.5 Å². The van der Waals surface area contributed by atoms with Crippen molar-refractivity contribution < 1.29 is 9.32 Å².